The van der Waals surface area contributed by atoms with Crippen LogP contribution >= 0.6 is 0 Å². The third-order valence-corrected chi connectivity index (χ3v) is 7.29. The molecule has 1 rings (SSSR count). The SMILES string of the molecule is CN(C)S(=O)(=O)CCCS(=O)(=O)N(C)C1CCC1. The maximum atomic E-state index is 11.9. The standard InChI is InChI=1S/C10H22N2O4S2/c1-11(2)17(13,14)8-5-9-18(15,16)12(3)10-6-4-7-10/h10H,4-9H2,1-3H3. The van der Waals surface area contributed by atoms with Crippen molar-refractivity contribution in [2.24, 2.45) is 0 Å². The Bertz CT molecular complexity index is 466. The van der Waals surface area contributed by atoms with Gasteiger partial charge in [0.25, 0.3) is 0 Å². The van der Waals surface area contributed by atoms with Crippen molar-refractivity contribution in [3.05, 3.63) is 0 Å². The van der Waals surface area contributed by atoms with Gasteiger partial charge in [-0.3, -0.25) is 0 Å². The number of hydrogen-bond donors (Lipinski definition) is 0. The molecule has 0 saturated heterocycles. The molecule has 0 amide bonds. The van der Waals surface area contributed by atoms with Crippen LogP contribution in [-0.4, -0.2) is 64.1 Å². The first-order valence-electron chi connectivity index (χ1n) is 6.03. The van der Waals surface area contributed by atoms with E-state index in [-0.39, 0.29) is 24.0 Å². The van der Waals surface area contributed by atoms with Crippen molar-refractivity contribution in [2.45, 2.75) is 31.7 Å². The number of hydrogen-bond acceptors (Lipinski definition) is 4. The zero-order valence-electron chi connectivity index (χ0n) is 11.2. The van der Waals surface area contributed by atoms with Gasteiger partial charge in [0.05, 0.1) is 11.5 Å². The van der Waals surface area contributed by atoms with Crippen LogP contribution in [0.2, 0.25) is 0 Å². The lowest BCUT2D eigenvalue weighted by molar-refractivity contribution is 0.249. The molecule has 0 unspecified atom stereocenters. The van der Waals surface area contributed by atoms with Crippen molar-refractivity contribution < 1.29 is 16.8 Å². The van der Waals surface area contributed by atoms with Crippen LogP contribution in [0.25, 0.3) is 0 Å². The third-order valence-electron chi connectivity index (χ3n) is 3.39. The molecule has 0 aromatic carbocycles. The largest absolute Gasteiger partial charge is 0.214 e. The van der Waals surface area contributed by atoms with Crippen LogP contribution in [0.15, 0.2) is 0 Å². The van der Waals surface area contributed by atoms with Gasteiger partial charge in [0.15, 0.2) is 0 Å². The summed E-state index contributed by atoms with van der Waals surface area (Å²) in [5, 5.41) is 0. The summed E-state index contributed by atoms with van der Waals surface area (Å²) in [5.41, 5.74) is 0. The lowest BCUT2D eigenvalue weighted by Gasteiger charge is -2.33. The molecule has 18 heavy (non-hydrogen) atoms. The van der Waals surface area contributed by atoms with Crippen LogP contribution in [-0.2, 0) is 20.0 Å². The van der Waals surface area contributed by atoms with Gasteiger partial charge in [0, 0.05) is 27.2 Å². The fraction of sp³-hybridized carbons (Fsp3) is 1.00. The number of sulfonamides is 2. The molecule has 1 aliphatic rings. The van der Waals surface area contributed by atoms with Gasteiger partial charge < -0.3 is 0 Å². The first-order chi connectivity index (χ1) is 8.17. The Labute approximate surface area is 110 Å². The molecule has 108 valence electrons. The fourth-order valence-corrected chi connectivity index (χ4v) is 4.25. The maximum Gasteiger partial charge on any atom is 0.214 e. The zero-order valence-corrected chi connectivity index (χ0v) is 12.8. The molecule has 0 bridgehead atoms. The number of nitrogens with zero attached hydrogens (tertiary/aromatic N) is 2. The van der Waals surface area contributed by atoms with E-state index in [9.17, 15) is 16.8 Å². The van der Waals surface area contributed by atoms with E-state index in [1.807, 2.05) is 0 Å². The van der Waals surface area contributed by atoms with E-state index < -0.39 is 20.0 Å². The molecule has 0 spiro atoms. The van der Waals surface area contributed by atoms with Gasteiger partial charge >= 0.3 is 0 Å². The Kier molecular flexibility index (Phi) is 5.16. The molecule has 1 aliphatic carbocycles. The smallest absolute Gasteiger partial charge is 0.212 e. The van der Waals surface area contributed by atoms with Crippen molar-refractivity contribution in [1.82, 2.24) is 8.61 Å². The molecule has 1 fully saturated rings. The second kappa shape index (κ2) is 5.85. The highest BCUT2D eigenvalue weighted by Gasteiger charge is 2.30. The fourth-order valence-electron chi connectivity index (χ4n) is 1.73. The van der Waals surface area contributed by atoms with Gasteiger partial charge in [-0.2, -0.15) is 0 Å². The molecule has 0 radical (unpaired) electrons. The molecule has 0 atom stereocenters. The van der Waals surface area contributed by atoms with Crippen LogP contribution < -0.4 is 0 Å². The maximum absolute atomic E-state index is 11.9. The van der Waals surface area contributed by atoms with Crippen molar-refractivity contribution in [3.8, 4) is 0 Å². The van der Waals surface area contributed by atoms with Crippen LogP contribution in [0.4, 0.5) is 0 Å². The Morgan fingerprint density at radius 1 is 0.944 bits per heavy atom. The minimum atomic E-state index is -3.32. The summed E-state index contributed by atoms with van der Waals surface area (Å²) in [4.78, 5) is 0. The Morgan fingerprint density at radius 3 is 1.83 bits per heavy atom. The molecule has 0 N–H and O–H groups in total. The van der Waals surface area contributed by atoms with E-state index in [2.05, 4.69) is 0 Å². The predicted molar refractivity (Wildman–Crippen MR) is 71.3 cm³/mol. The van der Waals surface area contributed by atoms with Crippen molar-refractivity contribution >= 4 is 20.0 Å². The average Bonchev–Trinajstić information content (AvgIpc) is 2.13. The molecule has 1 saturated carbocycles. The molecular formula is C10H22N2O4S2. The van der Waals surface area contributed by atoms with E-state index >= 15 is 0 Å². The Morgan fingerprint density at radius 2 is 1.44 bits per heavy atom. The average molecular weight is 298 g/mol. The van der Waals surface area contributed by atoms with Crippen molar-refractivity contribution in [3.63, 3.8) is 0 Å². The summed E-state index contributed by atoms with van der Waals surface area (Å²) in [6.45, 7) is 0. The van der Waals surface area contributed by atoms with Gasteiger partial charge in [0.1, 0.15) is 0 Å². The molecule has 0 aromatic heterocycles. The van der Waals surface area contributed by atoms with E-state index in [0.717, 1.165) is 23.6 Å². The van der Waals surface area contributed by atoms with Crippen LogP contribution in [0.1, 0.15) is 25.7 Å². The third kappa shape index (κ3) is 3.91. The molecule has 0 aliphatic heterocycles. The lowest BCUT2D eigenvalue weighted by atomic mass is 9.94. The summed E-state index contributed by atoms with van der Waals surface area (Å²) in [6, 6.07) is 0.112. The van der Waals surface area contributed by atoms with E-state index in [1.165, 1.54) is 18.4 Å². The normalized spacial score (nSPS) is 18.3. The van der Waals surface area contributed by atoms with Crippen LogP contribution in [0, 0.1) is 0 Å². The highest BCUT2D eigenvalue weighted by molar-refractivity contribution is 7.90. The van der Waals surface area contributed by atoms with Crippen molar-refractivity contribution in [1.29, 1.82) is 0 Å². The quantitative estimate of drug-likeness (QED) is 0.667. The molecular weight excluding hydrogens is 276 g/mol. The monoisotopic (exact) mass is 298 g/mol. The van der Waals surface area contributed by atoms with E-state index in [4.69, 9.17) is 0 Å². The Hall–Kier alpha value is -0.180. The summed E-state index contributed by atoms with van der Waals surface area (Å²) in [5.74, 6) is -0.231. The first kappa shape index (κ1) is 15.9. The second-order valence-electron chi connectivity index (χ2n) is 4.87. The minimum Gasteiger partial charge on any atom is -0.212 e. The van der Waals surface area contributed by atoms with Gasteiger partial charge in [-0.05, 0) is 19.3 Å². The zero-order chi connectivity index (χ0) is 14.0. The highest BCUT2D eigenvalue weighted by atomic mass is 32.2. The molecule has 0 heterocycles. The Balaban J connectivity index is 2.47. The molecule has 8 heteroatoms. The summed E-state index contributed by atoms with van der Waals surface area (Å²) in [6.07, 6.45) is 3.02. The van der Waals surface area contributed by atoms with Gasteiger partial charge in [-0.25, -0.2) is 25.4 Å². The van der Waals surface area contributed by atoms with Crippen molar-refractivity contribution in [2.75, 3.05) is 32.6 Å². The predicted octanol–water partition coefficient (Wildman–Crippen LogP) is 0.0820. The highest BCUT2D eigenvalue weighted by Crippen LogP contribution is 2.25. The molecule has 0 aromatic rings. The van der Waals surface area contributed by atoms with Crippen LogP contribution in [0.5, 0.6) is 0 Å². The van der Waals surface area contributed by atoms with E-state index in [1.54, 1.807) is 7.05 Å². The van der Waals surface area contributed by atoms with E-state index in [0.29, 0.717) is 0 Å². The number of rotatable bonds is 7. The minimum absolute atomic E-state index is 0.104. The topological polar surface area (TPSA) is 74.8 Å². The lowest BCUT2D eigenvalue weighted by Crippen LogP contribution is -2.42. The summed E-state index contributed by atoms with van der Waals surface area (Å²) < 4.78 is 49.4. The first-order valence-corrected chi connectivity index (χ1v) is 9.24. The van der Waals surface area contributed by atoms with Gasteiger partial charge in [-0.15, -0.1) is 0 Å². The van der Waals surface area contributed by atoms with Gasteiger partial charge in [-0.1, -0.05) is 6.42 Å². The molecule has 6 nitrogen and oxygen atoms in total. The second-order valence-corrected chi connectivity index (χ2v) is 9.32. The van der Waals surface area contributed by atoms with Gasteiger partial charge in [0.2, 0.25) is 20.0 Å². The summed E-state index contributed by atoms with van der Waals surface area (Å²) >= 11 is 0. The summed E-state index contributed by atoms with van der Waals surface area (Å²) in [7, 11) is -2.15. The van der Waals surface area contributed by atoms with Crippen LogP contribution in [0.3, 0.4) is 0 Å².